The summed E-state index contributed by atoms with van der Waals surface area (Å²) >= 11 is 0. The number of hydrogen-bond donors (Lipinski definition) is 0. The van der Waals surface area contributed by atoms with Crippen molar-refractivity contribution >= 4 is 0 Å². The van der Waals surface area contributed by atoms with E-state index in [0.717, 1.165) is 56.6 Å². The van der Waals surface area contributed by atoms with Gasteiger partial charge in [-0.15, -0.1) is 6.58 Å². The van der Waals surface area contributed by atoms with E-state index < -0.39 is 17.6 Å². The highest BCUT2D eigenvalue weighted by molar-refractivity contribution is 5.45. The standard InChI is InChI=1S/C25H26F4/c1-2-3-4-16-5-10-21-19(13-16)6-7-20-14-17(8-11-22(20)21)18-9-12-23(24(26)15-18)25(27,28)29/h2,6-7,9,12,15-17H,1,3-5,8,10-11,13-14H2. The van der Waals surface area contributed by atoms with E-state index in [4.69, 9.17) is 0 Å². The highest BCUT2D eigenvalue weighted by Gasteiger charge is 2.34. The highest BCUT2D eigenvalue weighted by Crippen LogP contribution is 2.40. The minimum Gasteiger partial charge on any atom is -0.206 e. The van der Waals surface area contributed by atoms with Crippen molar-refractivity contribution in [2.24, 2.45) is 5.92 Å². The summed E-state index contributed by atoms with van der Waals surface area (Å²) in [4.78, 5) is 0. The molecule has 0 nitrogen and oxygen atoms in total. The zero-order valence-corrected chi connectivity index (χ0v) is 16.5. The van der Waals surface area contributed by atoms with Gasteiger partial charge in [-0.1, -0.05) is 24.3 Å². The highest BCUT2D eigenvalue weighted by atomic mass is 19.4. The predicted octanol–water partition coefficient (Wildman–Crippen LogP) is 7.19. The first-order valence-electron chi connectivity index (χ1n) is 10.5. The molecule has 0 aromatic heterocycles. The van der Waals surface area contributed by atoms with Gasteiger partial charge in [-0.05, 0) is 103 Å². The van der Waals surface area contributed by atoms with Gasteiger partial charge >= 0.3 is 6.18 Å². The first-order chi connectivity index (χ1) is 13.9. The van der Waals surface area contributed by atoms with Gasteiger partial charge in [0, 0.05) is 0 Å². The molecule has 0 radical (unpaired) electrons. The zero-order chi connectivity index (χ0) is 20.6. The molecule has 154 valence electrons. The first kappa shape index (κ1) is 20.2. The summed E-state index contributed by atoms with van der Waals surface area (Å²) < 4.78 is 52.5. The first-order valence-corrected chi connectivity index (χ1v) is 10.5. The van der Waals surface area contributed by atoms with E-state index in [1.807, 2.05) is 6.08 Å². The van der Waals surface area contributed by atoms with Crippen LogP contribution in [0.5, 0.6) is 0 Å². The Hall–Kier alpha value is -2.10. The molecule has 0 saturated carbocycles. The maximum absolute atomic E-state index is 14.0. The quantitative estimate of drug-likeness (QED) is 0.375. The predicted molar refractivity (Wildman–Crippen MR) is 108 cm³/mol. The Kier molecular flexibility index (Phi) is 5.54. The van der Waals surface area contributed by atoms with E-state index in [2.05, 4.69) is 18.7 Å². The summed E-state index contributed by atoms with van der Waals surface area (Å²) in [5.41, 5.74) is 5.16. The number of fused-ring (bicyclic) bond motifs is 3. The van der Waals surface area contributed by atoms with Crippen LogP contribution in [0.15, 0.2) is 43.0 Å². The second-order valence-electron chi connectivity index (χ2n) is 8.49. The topological polar surface area (TPSA) is 0 Å². The number of rotatable bonds is 4. The van der Waals surface area contributed by atoms with Crippen LogP contribution >= 0.6 is 0 Å². The van der Waals surface area contributed by atoms with E-state index in [-0.39, 0.29) is 5.92 Å². The molecular formula is C25H26F4. The summed E-state index contributed by atoms with van der Waals surface area (Å²) in [5.74, 6) is -0.372. The second-order valence-corrected chi connectivity index (χ2v) is 8.49. The molecule has 0 fully saturated rings. The van der Waals surface area contributed by atoms with Gasteiger partial charge < -0.3 is 0 Å². The minimum atomic E-state index is -4.65. The lowest BCUT2D eigenvalue weighted by Crippen LogP contribution is -2.21. The molecule has 0 bridgehead atoms. The van der Waals surface area contributed by atoms with Crippen LogP contribution in [0, 0.1) is 11.7 Å². The fourth-order valence-corrected chi connectivity index (χ4v) is 5.14. The summed E-state index contributed by atoms with van der Waals surface area (Å²) in [6.07, 6.45) is 5.61. The van der Waals surface area contributed by atoms with Crippen LogP contribution in [0.1, 0.15) is 65.0 Å². The third-order valence-corrected chi connectivity index (χ3v) is 6.69. The Morgan fingerprint density at radius 2 is 1.66 bits per heavy atom. The Balaban J connectivity index is 1.53. The van der Waals surface area contributed by atoms with Crippen molar-refractivity contribution in [3.05, 3.63) is 82.2 Å². The number of alkyl halides is 3. The van der Waals surface area contributed by atoms with Crippen LogP contribution in [0.2, 0.25) is 0 Å². The molecule has 4 rings (SSSR count). The largest absolute Gasteiger partial charge is 0.419 e. The van der Waals surface area contributed by atoms with Gasteiger partial charge in [0.25, 0.3) is 0 Å². The van der Waals surface area contributed by atoms with Crippen molar-refractivity contribution < 1.29 is 17.6 Å². The van der Waals surface area contributed by atoms with Crippen LogP contribution in [0.3, 0.4) is 0 Å². The van der Waals surface area contributed by atoms with Crippen LogP contribution in [-0.4, -0.2) is 0 Å². The molecule has 2 aromatic carbocycles. The van der Waals surface area contributed by atoms with Crippen LogP contribution in [-0.2, 0) is 31.9 Å². The third kappa shape index (κ3) is 4.12. The van der Waals surface area contributed by atoms with Crippen molar-refractivity contribution in [2.45, 2.75) is 63.5 Å². The lowest BCUT2D eigenvalue weighted by Gasteiger charge is -2.32. The van der Waals surface area contributed by atoms with Crippen molar-refractivity contribution in [3.63, 3.8) is 0 Å². The fraction of sp³-hybridized carbons (Fsp3) is 0.440. The van der Waals surface area contributed by atoms with Gasteiger partial charge in [0.15, 0.2) is 0 Å². The molecular weight excluding hydrogens is 376 g/mol. The number of allylic oxidation sites excluding steroid dienone is 1. The summed E-state index contributed by atoms with van der Waals surface area (Å²) in [6, 6.07) is 7.85. The van der Waals surface area contributed by atoms with Gasteiger partial charge in [0.05, 0.1) is 5.56 Å². The van der Waals surface area contributed by atoms with Crippen molar-refractivity contribution in [1.29, 1.82) is 0 Å². The summed E-state index contributed by atoms with van der Waals surface area (Å²) in [5, 5.41) is 0. The molecule has 4 heteroatoms. The summed E-state index contributed by atoms with van der Waals surface area (Å²) in [6.45, 7) is 3.82. The minimum absolute atomic E-state index is 0.0706. The molecule has 29 heavy (non-hydrogen) atoms. The van der Waals surface area contributed by atoms with Gasteiger partial charge in [-0.2, -0.15) is 13.2 Å². The van der Waals surface area contributed by atoms with Crippen LogP contribution < -0.4 is 0 Å². The molecule has 2 aliphatic rings. The average molecular weight is 402 g/mol. The van der Waals surface area contributed by atoms with Crippen molar-refractivity contribution in [1.82, 2.24) is 0 Å². The number of halogens is 4. The smallest absolute Gasteiger partial charge is 0.206 e. The van der Waals surface area contributed by atoms with E-state index in [9.17, 15) is 17.6 Å². The maximum atomic E-state index is 14.0. The lowest BCUT2D eigenvalue weighted by molar-refractivity contribution is -0.140. The van der Waals surface area contributed by atoms with Crippen LogP contribution in [0.4, 0.5) is 17.6 Å². The molecule has 0 N–H and O–H groups in total. The normalized spacial score (nSPS) is 21.4. The fourth-order valence-electron chi connectivity index (χ4n) is 5.14. The van der Waals surface area contributed by atoms with Crippen LogP contribution in [0.25, 0.3) is 0 Å². The Morgan fingerprint density at radius 1 is 0.966 bits per heavy atom. The average Bonchev–Trinajstić information content (AvgIpc) is 2.70. The Labute approximate surface area is 169 Å². The molecule has 0 heterocycles. The lowest BCUT2D eigenvalue weighted by atomic mass is 9.73. The van der Waals surface area contributed by atoms with E-state index in [1.165, 1.54) is 41.2 Å². The molecule has 0 saturated heterocycles. The van der Waals surface area contributed by atoms with Gasteiger partial charge in [-0.25, -0.2) is 4.39 Å². The van der Waals surface area contributed by atoms with E-state index in [1.54, 1.807) is 0 Å². The van der Waals surface area contributed by atoms with Gasteiger partial charge in [0.2, 0.25) is 0 Å². The molecule has 0 amide bonds. The van der Waals surface area contributed by atoms with Gasteiger partial charge in [0.1, 0.15) is 5.82 Å². The molecule has 2 unspecified atom stereocenters. The van der Waals surface area contributed by atoms with Crippen molar-refractivity contribution in [2.75, 3.05) is 0 Å². The number of benzene rings is 2. The summed E-state index contributed by atoms with van der Waals surface area (Å²) in [7, 11) is 0. The van der Waals surface area contributed by atoms with E-state index in [0.29, 0.717) is 5.56 Å². The Morgan fingerprint density at radius 3 is 2.31 bits per heavy atom. The molecule has 0 aliphatic heterocycles. The monoisotopic (exact) mass is 402 g/mol. The SMILES string of the molecule is C=CCCC1CCc2c(ccc3c2CCC(c2ccc(C(F)(F)F)c(F)c2)C3)C1. The molecule has 2 aliphatic carbocycles. The number of hydrogen-bond acceptors (Lipinski definition) is 0. The molecule has 2 aromatic rings. The molecule has 2 atom stereocenters. The van der Waals surface area contributed by atoms with Gasteiger partial charge in [-0.3, -0.25) is 0 Å². The molecule has 0 spiro atoms. The van der Waals surface area contributed by atoms with Crippen molar-refractivity contribution in [3.8, 4) is 0 Å². The Bertz CT molecular complexity index is 910. The van der Waals surface area contributed by atoms with E-state index >= 15 is 0 Å². The second kappa shape index (κ2) is 7.97. The zero-order valence-electron chi connectivity index (χ0n) is 16.5. The third-order valence-electron chi connectivity index (χ3n) is 6.69. The maximum Gasteiger partial charge on any atom is 0.419 e.